The summed E-state index contributed by atoms with van der Waals surface area (Å²) in [5.74, 6) is 0.510. The van der Waals surface area contributed by atoms with Crippen LogP contribution < -0.4 is 4.74 Å². The molecule has 0 N–H and O–H groups in total. The number of halogens is 1. The van der Waals surface area contributed by atoms with Gasteiger partial charge < -0.3 is 4.74 Å². The lowest BCUT2D eigenvalue weighted by Gasteiger charge is -2.02. The molecular formula is C15H12FN3O. The molecule has 1 heterocycles. The molecule has 0 fully saturated rings. The minimum Gasteiger partial charge on any atom is -0.497 e. The molecule has 3 rings (SSSR count). The van der Waals surface area contributed by atoms with E-state index in [1.54, 1.807) is 25.4 Å². The highest BCUT2D eigenvalue weighted by molar-refractivity contribution is 5.57. The van der Waals surface area contributed by atoms with Crippen LogP contribution in [0.25, 0.3) is 16.9 Å². The molecule has 5 heteroatoms. The zero-order valence-electron chi connectivity index (χ0n) is 10.8. The molecule has 100 valence electrons. The smallest absolute Gasteiger partial charge is 0.123 e. The average molecular weight is 269 g/mol. The molecule has 2 aromatic carbocycles. The number of nitrogens with zero attached hydrogens (tertiary/aromatic N) is 3. The number of ether oxygens (including phenoxy) is 1. The van der Waals surface area contributed by atoms with Crippen LogP contribution in [0.3, 0.4) is 0 Å². The van der Waals surface area contributed by atoms with Gasteiger partial charge in [-0.3, -0.25) is 0 Å². The molecule has 4 nitrogen and oxygen atoms in total. The molecule has 0 bridgehead atoms. The monoisotopic (exact) mass is 269 g/mol. The minimum absolute atomic E-state index is 0.267. The third kappa shape index (κ3) is 2.38. The van der Waals surface area contributed by atoms with Crippen LogP contribution in [0.5, 0.6) is 5.75 Å². The zero-order valence-corrected chi connectivity index (χ0v) is 10.8. The molecule has 0 aliphatic carbocycles. The summed E-state index contributed by atoms with van der Waals surface area (Å²) in [6.07, 6.45) is 1.65. The van der Waals surface area contributed by atoms with Gasteiger partial charge in [0.2, 0.25) is 0 Å². The van der Waals surface area contributed by atoms with E-state index >= 15 is 0 Å². The molecule has 1 aromatic heterocycles. The van der Waals surface area contributed by atoms with Crippen LogP contribution in [0, 0.1) is 5.82 Å². The maximum absolute atomic E-state index is 12.9. The molecule has 0 unspecified atom stereocenters. The van der Waals surface area contributed by atoms with Gasteiger partial charge in [0.15, 0.2) is 0 Å². The van der Waals surface area contributed by atoms with Gasteiger partial charge in [-0.25, -0.2) is 4.39 Å². The van der Waals surface area contributed by atoms with Crippen molar-refractivity contribution in [2.45, 2.75) is 0 Å². The van der Waals surface area contributed by atoms with Gasteiger partial charge in [0.05, 0.1) is 19.0 Å². The van der Waals surface area contributed by atoms with Gasteiger partial charge in [0.1, 0.15) is 17.3 Å². The van der Waals surface area contributed by atoms with Crippen LogP contribution in [-0.2, 0) is 0 Å². The Kier molecular flexibility index (Phi) is 3.16. The Labute approximate surface area is 115 Å². The number of rotatable bonds is 3. The summed E-state index contributed by atoms with van der Waals surface area (Å²) in [5, 5.41) is 8.59. The van der Waals surface area contributed by atoms with Crippen LogP contribution in [0.1, 0.15) is 0 Å². The van der Waals surface area contributed by atoms with Crippen LogP contribution in [0.4, 0.5) is 4.39 Å². The first-order valence-electron chi connectivity index (χ1n) is 6.09. The quantitative estimate of drug-likeness (QED) is 0.733. The fraction of sp³-hybridized carbons (Fsp3) is 0.0667. The topological polar surface area (TPSA) is 39.9 Å². The van der Waals surface area contributed by atoms with Gasteiger partial charge in [-0.05, 0) is 48.5 Å². The third-order valence-corrected chi connectivity index (χ3v) is 2.94. The van der Waals surface area contributed by atoms with Crippen molar-refractivity contribution in [1.29, 1.82) is 0 Å². The van der Waals surface area contributed by atoms with Gasteiger partial charge in [-0.2, -0.15) is 9.90 Å². The Bertz CT molecular complexity index is 705. The summed E-state index contributed by atoms with van der Waals surface area (Å²) < 4.78 is 18.0. The molecule has 0 aliphatic heterocycles. The molecule has 20 heavy (non-hydrogen) atoms. The minimum atomic E-state index is -0.267. The fourth-order valence-electron chi connectivity index (χ4n) is 1.86. The van der Waals surface area contributed by atoms with Crippen molar-refractivity contribution in [3.05, 3.63) is 60.5 Å². The van der Waals surface area contributed by atoms with E-state index in [1.807, 2.05) is 24.3 Å². The van der Waals surface area contributed by atoms with Gasteiger partial charge in [0, 0.05) is 5.56 Å². The second-order valence-corrected chi connectivity index (χ2v) is 4.22. The summed E-state index contributed by atoms with van der Waals surface area (Å²) >= 11 is 0. The maximum Gasteiger partial charge on any atom is 0.123 e. The highest BCUT2D eigenvalue weighted by Gasteiger charge is 2.05. The molecule has 0 saturated carbocycles. The Hall–Kier alpha value is -2.69. The number of hydrogen-bond acceptors (Lipinski definition) is 3. The van der Waals surface area contributed by atoms with Crippen molar-refractivity contribution in [2.75, 3.05) is 7.11 Å². The van der Waals surface area contributed by atoms with Crippen LogP contribution in [0.2, 0.25) is 0 Å². The zero-order chi connectivity index (χ0) is 13.9. The number of benzene rings is 2. The normalized spacial score (nSPS) is 10.5. The largest absolute Gasteiger partial charge is 0.497 e. The molecular weight excluding hydrogens is 257 g/mol. The van der Waals surface area contributed by atoms with Crippen molar-refractivity contribution < 1.29 is 9.13 Å². The van der Waals surface area contributed by atoms with E-state index in [0.717, 1.165) is 17.0 Å². The molecule has 3 aromatic rings. The van der Waals surface area contributed by atoms with Crippen LogP contribution in [-0.4, -0.2) is 22.1 Å². The SMILES string of the molecule is COc1ccc(-n2ncc(-c3ccc(F)cc3)n2)cc1. The van der Waals surface area contributed by atoms with E-state index in [-0.39, 0.29) is 5.82 Å². The second-order valence-electron chi connectivity index (χ2n) is 4.22. The van der Waals surface area contributed by atoms with Crippen molar-refractivity contribution >= 4 is 0 Å². The van der Waals surface area contributed by atoms with Crippen LogP contribution >= 0.6 is 0 Å². The molecule has 0 amide bonds. The van der Waals surface area contributed by atoms with E-state index in [2.05, 4.69) is 10.2 Å². The molecule has 0 spiro atoms. The third-order valence-electron chi connectivity index (χ3n) is 2.94. The number of hydrogen-bond donors (Lipinski definition) is 0. The van der Waals surface area contributed by atoms with Crippen molar-refractivity contribution in [2.24, 2.45) is 0 Å². The Morgan fingerprint density at radius 2 is 1.70 bits per heavy atom. The molecule has 0 aliphatic rings. The van der Waals surface area contributed by atoms with Crippen molar-refractivity contribution in [3.63, 3.8) is 0 Å². The van der Waals surface area contributed by atoms with E-state index in [0.29, 0.717) is 5.69 Å². The Balaban J connectivity index is 1.91. The summed E-state index contributed by atoms with van der Waals surface area (Å²) in [6, 6.07) is 13.6. The lowest BCUT2D eigenvalue weighted by molar-refractivity contribution is 0.414. The fourth-order valence-corrected chi connectivity index (χ4v) is 1.86. The van der Waals surface area contributed by atoms with Gasteiger partial charge in [-0.15, -0.1) is 5.10 Å². The van der Waals surface area contributed by atoms with Crippen molar-refractivity contribution in [1.82, 2.24) is 15.0 Å². The second kappa shape index (κ2) is 5.13. The first kappa shape index (κ1) is 12.3. The lowest BCUT2D eigenvalue weighted by Crippen LogP contribution is -1.98. The summed E-state index contributed by atoms with van der Waals surface area (Å²) in [7, 11) is 1.62. The molecule has 0 atom stereocenters. The Morgan fingerprint density at radius 1 is 1.00 bits per heavy atom. The summed E-state index contributed by atoms with van der Waals surface area (Å²) in [4.78, 5) is 1.53. The average Bonchev–Trinajstić information content (AvgIpc) is 2.98. The summed E-state index contributed by atoms with van der Waals surface area (Å²) in [5.41, 5.74) is 2.35. The summed E-state index contributed by atoms with van der Waals surface area (Å²) in [6.45, 7) is 0. The number of methoxy groups -OCH3 is 1. The highest BCUT2D eigenvalue weighted by Crippen LogP contribution is 2.18. The highest BCUT2D eigenvalue weighted by atomic mass is 19.1. The molecule has 0 saturated heterocycles. The van der Waals surface area contributed by atoms with E-state index in [1.165, 1.54) is 16.9 Å². The number of aromatic nitrogens is 3. The van der Waals surface area contributed by atoms with E-state index < -0.39 is 0 Å². The van der Waals surface area contributed by atoms with Gasteiger partial charge in [-0.1, -0.05) is 0 Å². The van der Waals surface area contributed by atoms with E-state index in [9.17, 15) is 4.39 Å². The van der Waals surface area contributed by atoms with E-state index in [4.69, 9.17) is 4.74 Å². The van der Waals surface area contributed by atoms with Gasteiger partial charge >= 0.3 is 0 Å². The standard InChI is InChI=1S/C15H12FN3O/c1-20-14-8-6-13(7-9-14)19-17-10-15(18-19)11-2-4-12(16)5-3-11/h2-10H,1H3. The molecule has 0 radical (unpaired) electrons. The first-order chi connectivity index (χ1) is 9.76. The first-order valence-corrected chi connectivity index (χ1v) is 6.09. The maximum atomic E-state index is 12.9. The van der Waals surface area contributed by atoms with Crippen LogP contribution in [0.15, 0.2) is 54.7 Å². The lowest BCUT2D eigenvalue weighted by atomic mass is 10.2. The van der Waals surface area contributed by atoms with Crippen molar-refractivity contribution in [3.8, 4) is 22.7 Å². The predicted molar refractivity (Wildman–Crippen MR) is 73.3 cm³/mol. The van der Waals surface area contributed by atoms with Gasteiger partial charge in [0.25, 0.3) is 0 Å². The predicted octanol–water partition coefficient (Wildman–Crippen LogP) is 3.08. The Morgan fingerprint density at radius 3 is 2.35 bits per heavy atom.